The third-order valence-electron chi connectivity index (χ3n) is 4.20. The first-order valence-corrected chi connectivity index (χ1v) is 7.58. The molecule has 1 fully saturated rings. The molecule has 2 aromatic rings. The quantitative estimate of drug-likeness (QED) is 0.909. The monoisotopic (exact) mass is 270 g/mol. The van der Waals surface area contributed by atoms with Crippen LogP contribution in [-0.4, -0.2) is 22.6 Å². The van der Waals surface area contributed by atoms with Crippen molar-refractivity contribution in [3.8, 4) is 0 Å². The average molecular weight is 270 g/mol. The fraction of sp³-hybridized carbons (Fsp3) is 0.500. The molecule has 20 heavy (non-hydrogen) atoms. The minimum Gasteiger partial charge on any atom is -0.381 e. The summed E-state index contributed by atoms with van der Waals surface area (Å²) in [5.74, 6) is 1.43. The number of anilines is 2. The van der Waals surface area contributed by atoms with E-state index in [0.29, 0.717) is 11.9 Å². The summed E-state index contributed by atoms with van der Waals surface area (Å²) in [4.78, 5) is 11.7. The van der Waals surface area contributed by atoms with Crippen molar-refractivity contribution >= 4 is 22.7 Å². The van der Waals surface area contributed by atoms with Crippen LogP contribution >= 0.6 is 0 Å². The zero-order valence-electron chi connectivity index (χ0n) is 12.0. The van der Waals surface area contributed by atoms with E-state index in [9.17, 15) is 0 Å². The predicted octanol–water partition coefficient (Wildman–Crippen LogP) is 3.37. The number of fused-ring (bicyclic) bond motifs is 1. The van der Waals surface area contributed by atoms with Gasteiger partial charge in [-0.05, 0) is 31.4 Å². The summed E-state index contributed by atoms with van der Waals surface area (Å²) in [6, 6.07) is 8.47. The van der Waals surface area contributed by atoms with Crippen molar-refractivity contribution in [2.24, 2.45) is 0 Å². The molecule has 0 bridgehead atoms. The molecule has 2 N–H and O–H groups in total. The number of hydrogen-bond acceptors (Lipinski definition) is 4. The highest BCUT2D eigenvalue weighted by molar-refractivity contribution is 5.79. The number of rotatable bonds is 2. The van der Waals surface area contributed by atoms with Crippen LogP contribution in [0.25, 0.3) is 11.0 Å². The van der Waals surface area contributed by atoms with Gasteiger partial charge in [-0.1, -0.05) is 31.9 Å². The van der Waals surface area contributed by atoms with Gasteiger partial charge >= 0.3 is 0 Å². The second-order valence-electron chi connectivity index (χ2n) is 5.53. The Morgan fingerprint density at radius 1 is 1.15 bits per heavy atom. The Kier molecular flexibility index (Phi) is 3.72. The fourth-order valence-electron chi connectivity index (χ4n) is 3.10. The van der Waals surface area contributed by atoms with Gasteiger partial charge in [0.2, 0.25) is 0 Å². The van der Waals surface area contributed by atoms with Crippen LogP contribution in [0.5, 0.6) is 0 Å². The van der Waals surface area contributed by atoms with Crippen LogP contribution in [0, 0.1) is 0 Å². The van der Waals surface area contributed by atoms with Crippen LogP contribution in [0.2, 0.25) is 0 Å². The summed E-state index contributed by atoms with van der Waals surface area (Å²) < 4.78 is 0. The molecule has 0 spiro atoms. The smallest absolute Gasteiger partial charge is 0.172 e. The lowest BCUT2D eigenvalue weighted by atomic mass is 10.1. The third-order valence-corrected chi connectivity index (χ3v) is 4.20. The molecule has 2 heterocycles. The van der Waals surface area contributed by atoms with Crippen molar-refractivity contribution in [1.29, 1.82) is 0 Å². The molecule has 106 valence electrons. The highest BCUT2D eigenvalue weighted by Gasteiger charge is 2.23. The van der Waals surface area contributed by atoms with E-state index in [1.807, 2.05) is 24.3 Å². The van der Waals surface area contributed by atoms with Gasteiger partial charge < -0.3 is 10.6 Å². The van der Waals surface area contributed by atoms with Crippen molar-refractivity contribution in [2.45, 2.75) is 45.1 Å². The molecule has 3 rings (SSSR count). The Morgan fingerprint density at radius 3 is 2.65 bits per heavy atom. The Labute approximate surface area is 120 Å². The van der Waals surface area contributed by atoms with E-state index in [2.05, 4.69) is 16.8 Å². The molecule has 4 heteroatoms. The molecule has 1 aromatic carbocycles. The fourth-order valence-corrected chi connectivity index (χ4v) is 3.10. The zero-order chi connectivity index (χ0) is 13.9. The molecule has 0 amide bonds. The van der Waals surface area contributed by atoms with Gasteiger partial charge in [0.15, 0.2) is 11.6 Å². The maximum Gasteiger partial charge on any atom is 0.172 e. The molecule has 0 aliphatic carbocycles. The van der Waals surface area contributed by atoms with Crippen LogP contribution in [0.15, 0.2) is 24.3 Å². The third kappa shape index (κ3) is 2.42. The second kappa shape index (κ2) is 5.65. The highest BCUT2D eigenvalue weighted by Crippen LogP contribution is 2.29. The predicted molar refractivity (Wildman–Crippen MR) is 83.8 cm³/mol. The first-order valence-electron chi connectivity index (χ1n) is 7.58. The summed E-state index contributed by atoms with van der Waals surface area (Å²) in [6.45, 7) is 3.28. The molecule has 0 saturated carbocycles. The van der Waals surface area contributed by atoms with Gasteiger partial charge in [0, 0.05) is 12.6 Å². The lowest BCUT2D eigenvalue weighted by molar-refractivity contribution is 0.553. The molecule has 4 nitrogen and oxygen atoms in total. The normalized spacial score (nSPS) is 20.1. The Bertz CT molecular complexity index is 596. The highest BCUT2D eigenvalue weighted by atomic mass is 15.2. The number of para-hydroxylation sites is 2. The van der Waals surface area contributed by atoms with E-state index in [0.717, 1.165) is 29.8 Å². The lowest BCUT2D eigenvalue weighted by Crippen LogP contribution is -2.35. The summed E-state index contributed by atoms with van der Waals surface area (Å²) >= 11 is 0. The van der Waals surface area contributed by atoms with Gasteiger partial charge in [-0.25, -0.2) is 9.97 Å². The van der Waals surface area contributed by atoms with Crippen LogP contribution in [0.1, 0.15) is 39.0 Å². The van der Waals surface area contributed by atoms with Crippen molar-refractivity contribution in [1.82, 2.24) is 9.97 Å². The standard InChI is InChI=1S/C16H22N4/c1-2-12-8-4-3-7-11-20(12)16-15(17)18-13-9-5-6-10-14(13)19-16/h5-6,9-10,12H,2-4,7-8,11H2,1H3,(H2,17,18). The Hall–Kier alpha value is -1.84. The molecule has 1 aliphatic heterocycles. The maximum atomic E-state index is 6.17. The largest absolute Gasteiger partial charge is 0.381 e. The molecular formula is C16H22N4. The van der Waals surface area contributed by atoms with Crippen LogP contribution in [0.3, 0.4) is 0 Å². The average Bonchev–Trinajstić information content (AvgIpc) is 2.71. The van der Waals surface area contributed by atoms with E-state index in [4.69, 9.17) is 10.7 Å². The summed E-state index contributed by atoms with van der Waals surface area (Å²) in [5, 5.41) is 0. The number of nitrogens with two attached hydrogens (primary N) is 1. The number of benzene rings is 1. The van der Waals surface area contributed by atoms with Gasteiger partial charge in [0.25, 0.3) is 0 Å². The second-order valence-corrected chi connectivity index (χ2v) is 5.53. The topological polar surface area (TPSA) is 55.0 Å². The van der Waals surface area contributed by atoms with Crippen LogP contribution in [-0.2, 0) is 0 Å². The zero-order valence-corrected chi connectivity index (χ0v) is 12.0. The molecule has 1 aliphatic rings. The molecule has 1 saturated heterocycles. The maximum absolute atomic E-state index is 6.17. The first kappa shape index (κ1) is 13.2. The summed E-state index contributed by atoms with van der Waals surface area (Å²) in [7, 11) is 0. The molecule has 1 aromatic heterocycles. The molecule has 0 radical (unpaired) electrons. The number of nitrogen functional groups attached to an aromatic ring is 1. The van der Waals surface area contributed by atoms with E-state index < -0.39 is 0 Å². The first-order chi connectivity index (χ1) is 9.79. The molecule has 1 atom stereocenters. The minimum atomic E-state index is 0.537. The number of aromatic nitrogens is 2. The SMILES string of the molecule is CCC1CCCCCN1c1nc2ccccc2nc1N. The van der Waals surface area contributed by atoms with E-state index in [1.165, 1.54) is 25.7 Å². The number of hydrogen-bond donors (Lipinski definition) is 1. The van der Waals surface area contributed by atoms with Gasteiger partial charge in [0.05, 0.1) is 11.0 Å². The number of nitrogens with zero attached hydrogens (tertiary/aromatic N) is 3. The van der Waals surface area contributed by atoms with Gasteiger partial charge in [-0.3, -0.25) is 0 Å². The minimum absolute atomic E-state index is 0.537. The van der Waals surface area contributed by atoms with Crippen LogP contribution in [0.4, 0.5) is 11.6 Å². The van der Waals surface area contributed by atoms with Gasteiger partial charge in [0.1, 0.15) is 0 Å². The van der Waals surface area contributed by atoms with Gasteiger partial charge in [-0.15, -0.1) is 0 Å². The molecule has 1 unspecified atom stereocenters. The molecular weight excluding hydrogens is 248 g/mol. The van der Waals surface area contributed by atoms with E-state index in [-0.39, 0.29) is 0 Å². The van der Waals surface area contributed by atoms with Crippen LogP contribution < -0.4 is 10.6 Å². The van der Waals surface area contributed by atoms with Gasteiger partial charge in [-0.2, -0.15) is 0 Å². The Morgan fingerprint density at radius 2 is 1.90 bits per heavy atom. The summed E-state index contributed by atoms with van der Waals surface area (Å²) in [6.07, 6.45) is 6.17. The lowest BCUT2D eigenvalue weighted by Gasteiger charge is -2.31. The Balaban J connectivity index is 2.04. The summed E-state index contributed by atoms with van der Waals surface area (Å²) in [5.41, 5.74) is 7.97. The van der Waals surface area contributed by atoms with Crippen molar-refractivity contribution in [3.05, 3.63) is 24.3 Å². The van der Waals surface area contributed by atoms with Crippen molar-refractivity contribution in [3.63, 3.8) is 0 Å². The van der Waals surface area contributed by atoms with Crippen molar-refractivity contribution < 1.29 is 0 Å². The van der Waals surface area contributed by atoms with E-state index in [1.54, 1.807) is 0 Å². The van der Waals surface area contributed by atoms with E-state index >= 15 is 0 Å². The van der Waals surface area contributed by atoms with Crippen molar-refractivity contribution in [2.75, 3.05) is 17.2 Å².